The Morgan fingerprint density at radius 3 is 2.17 bits per heavy atom. The third-order valence-electron chi connectivity index (χ3n) is 3.34. The largest absolute Gasteiger partial charge is 0.391 e. The average molecular weight is 323 g/mol. The second-order valence-corrected chi connectivity index (χ2v) is 4.70. The number of aliphatic hydroxyl groups is 1. The van der Waals surface area contributed by atoms with Gasteiger partial charge >= 0.3 is 0 Å². The van der Waals surface area contributed by atoms with Crippen LogP contribution in [-0.2, 0) is 6.61 Å². The van der Waals surface area contributed by atoms with E-state index in [1.54, 1.807) is 0 Å². The van der Waals surface area contributed by atoms with Gasteiger partial charge in [-0.1, -0.05) is 17.3 Å². The molecule has 1 aromatic heterocycles. The smallest absolute Gasteiger partial charge is 0.176 e. The number of benzene rings is 2. The Balaban J connectivity index is 2.24. The highest BCUT2D eigenvalue weighted by Crippen LogP contribution is 2.36. The van der Waals surface area contributed by atoms with Crippen LogP contribution in [-0.4, -0.2) is 10.3 Å². The molecule has 0 atom stereocenters. The van der Waals surface area contributed by atoms with Crippen LogP contribution >= 0.6 is 0 Å². The van der Waals surface area contributed by atoms with Gasteiger partial charge in [-0.15, -0.1) is 0 Å². The summed E-state index contributed by atoms with van der Waals surface area (Å²) in [6.07, 6.45) is 0. The molecule has 0 amide bonds. The first-order valence-electron chi connectivity index (χ1n) is 6.52. The molecule has 0 spiro atoms. The number of nitrogens with zero attached hydrogens (tertiary/aromatic N) is 1. The molecule has 1 N–H and O–H groups in total. The van der Waals surface area contributed by atoms with Crippen molar-refractivity contribution >= 4 is 0 Å². The lowest BCUT2D eigenvalue weighted by molar-refractivity contribution is 0.281. The summed E-state index contributed by atoms with van der Waals surface area (Å²) in [6, 6.07) is 6.54. The summed E-state index contributed by atoms with van der Waals surface area (Å²) >= 11 is 0. The molecule has 3 nitrogen and oxygen atoms in total. The zero-order chi connectivity index (χ0) is 16.6. The Morgan fingerprint density at radius 2 is 1.52 bits per heavy atom. The number of rotatable bonds is 3. The molecule has 3 aromatic rings. The molecule has 0 aliphatic carbocycles. The molecule has 0 bridgehead atoms. The van der Waals surface area contributed by atoms with Crippen molar-refractivity contribution in [1.29, 1.82) is 0 Å². The van der Waals surface area contributed by atoms with E-state index >= 15 is 0 Å². The summed E-state index contributed by atoms with van der Waals surface area (Å²) < 4.78 is 59.9. The van der Waals surface area contributed by atoms with Gasteiger partial charge in [-0.2, -0.15) is 0 Å². The Labute approximate surface area is 127 Å². The number of halogens is 4. The van der Waals surface area contributed by atoms with E-state index in [2.05, 4.69) is 5.16 Å². The van der Waals surface area contributed by atoms with E-state index in [1.165, 1.54) is 18.2 Å². The van der Waals surface area contributed by atoms with Crippen molar-refractivity contribution in [1.82, 2.24) is 5.16 Å². The van der Waals surface area contributed by atoms with Gasteiger partial charge in [0, 0.05) is 0 Å². The lowest BCUT2D eigenvalue weighted by atomic mass is 10.0. The van der Waals surface area contributed by atoms with Gasteiger partial charge in [0.1, 0.15) is 17.3 Å². The van der Waals surface area contributed by atoms with Gasteiger partial charge in [0.2, 0.25) is 0 Å². The van der Waals surface area contributed by atoms with Crippen molar-refractivity contribution in [3.63, 3.8) is 0 Å². The third kappa shape index (κ3) is 2.49. The van der Waals surface area contributed by atoms with E-state index in [0.717, 1.165) is 18.2 Å². The molecule has 0 aliphatic heterocycles. The highest BCUT2D eigenvalue weighted by Gasteiger charge is 2.25. The van der Waals surface area contributed by atoms with Crippen molar-refractivity contribution in [3.8, 4) is 22.6 Å². The molecular formula is C16H9F4NO2. The number of aromatic nitrogens is 1. The lowest BCUT2D eigenvalue weighted by Crippen LogP contribution is -1.96. The third-order valence-corrected chi connectivity index (χ3v) is 3.34. The molecular weight excluding hydrogens is 314 g/mol. The van der Waals surface area contributed by atoms with Crippen LogP contribution in [0.25, 0.3) is 22.6 Å². The van der Waals surface area contributed by atoms with Crippen LogP contribution < -0.4 is 0 Å². The van der Waals surface area contributed by atoms with Crippen molar-refractivity contribution in [2.45, 2.75) is 6.61 Å². The number of hydrogen-bond acceptors (Lipinski definition) is 3. The highest BCUT2D eigenvalue weighted by molar-refractivity contribution is 5.73. The van der Waals surface area contributed by atoms with E-state index in [9.17, 15) is 22.7 Å². The molecule has 0 radical (unpaired) electrons. The van der Waals surface area contributed by atoms with Crippen LogP contribution in [0.2, 0.25) is 0 Å². The zero-order valence-electron chi connectivity index (χ0n) is 11.5. The normalized spacial score (nSPS) is 11.0. The Bertz CT molecular complexity index is 856. The van der Waals surface area contributed by atoms with Gasteiger partial charge in [-0.25, -0.2) is 17.6 Å². The maximum absolute atomic E-state index is 13.9. The van der Waals surface area contributed by atoms with Crippen LogP contribution in [0.15, 0.2) is 40.9 Å². The second kappa shape index (κ2) is 5.85. The van der Waals surface area contributed by atoms with Gasteiger partial charge in [-0.3, -0.25) is 0 Å². The van der Waals surface area contributed by atoms with Crippen LogP contribution in [0, 0.1) is 23.3 Å². The molecule has 0 saturated carbocycles. The van der Waals surface area contributed by atoms with E-state index < -0.39 is 35.4 Å². The minimum absolute atomic E-state index is 0.140. The fourth-order valence-electron chi connectivity index (χ4n) is 2.27. The molecule has 7 heteroatoms. The number of hydrogen-bond donors (Lipinski definition) is 1. The van der Waals surface area contributed by atoms with Gasteiger partial charge < -0.3 is 9.63 Å². The van der Waals surface area contributed by atoms with Crippen LogP contribution in [0.3, 0.4) is 0 Å². The monoisotopic (exact) mass is 323 g/mol. The summed E-state index contributed by atoms with van der Waals surface area (Å²) in [5.74, 6) is -4.46. The molecule has 1 heterocycles. The van der Waals surface area contributed by atoms with E-state index in [-0.39, 0.29) is 22.6 Å². The Kier molecular flexibility index (Phi) is 3.87. The van der Waals surface area contributed by atoms with E-state index in [1.807, 2.05) is 0 Å². The van der Waals surface area contributed by atoms with Crippen molar-refractivity contribution < 1.29 is 27.2 Å². The van der Waals surface area contributed by atoms with Crippen molar-refractivity contribution in [3.05, 3.63) is 65.2 Å². The van der Waals surface area contributed by atoms with Crippen LogP contribution in [0.5, 0.6) is 0 Å². The van der Waals surface area contributed by atoms with Crippen molar-refractivity contribution in [2.24, 2.45) is 0 Å². The zero-order valence-corrected chi connectivity index (χ0v) is 11.5. The minimum atomic E-state index is -1.21. The number of aliphatic hydroxyl groups excluding tert-OH is 1. The Morgan fingerprint density at radius 1 is 0.913 bits per heavy atom. The highest BCUT2D eigenvalue weighted by atomic mass is 19.2. The van der Waals surface area contributed by atoms with Gasteiger partial charge in [-0.05, 0) is 24.3 Å². The molecule has 0 fully saturated rings. The summed E-state index contributed by atoms with van der Waals surface area (Å²) in [4.78, 5) is 0. The molecule has 0 unspecified atom stereocenters. The molecule has 3 rings (SSSR count). The van der Waals surface area contributed by atoms with Crippen LogP contribution in [0.4, 0.5) is 17.6 Å². The van der Waals surface area contributed by atoms with Crippen molar-refractivity contribution in [2.75, 3.05) is 0 Å². The van der Waals surface area contributed by atoms with Gasteiger partial charge in [0.05, 0.1) is 23.3 Å². The summed E-state index contributed by atoms with van der Waals surface area (Å²) in [5.41, 5.74) is -1.26. The fraction of sp³-hybridized carbons (Fsp3) is 0.0625. The average Bonchev–Trinajstić information content (AvgIpc) is 2.93. The fourth-order valence-corrected chi connectivity index (χ4v) is 2.27. The first-order valence-corrected chi connectivity index (χ1v) is 6.52. The summed E-state index contributed by atoms with van der Waals surface area (Å²) in [6.45, 7) is -0.724. The standard InChI is InChI=1S/C16H9F4NO2/c17-10-4-2-5-11(18)13(10)15-9(7-22)16(23-21-15)8-3-1-6-12(19)14(8)20/h1-6,22H,7H2. The molecule has 0 aliphatic rings. The predicted molar refractivity (Wildman–Crippen MR) is 73.1 cm³/mol. The maximum Gasteiger partial charge on any atom is 0.176 e. The molecule has 2 aromatic carbocycles. The molecule has 118 valence electrons. The second-order valence-electron chi connectivity index (χ2n) is 4.70. The summed E-state index contributed by atoms with van der Waals surface area (Å²) in [7, 11) is 0. The molecule has 0 saturated heterocycles. The van der Waals surface area contributed by atoms with E-state index in [4.69, 9.17) is 4.52 Å². The first kappa shape index (κ1) is 15.2. The molecule has 23 heavy (non-hydrogen) atoms. The summed E-state index contributed by atoms with van der Waals surface area (Å²) in [5, 5.41) is 13.0. The first-order chi connectivity index (χ1) is 11.0. The van der Waals surface area contributed by atoms with Gasteiger partial charge in [0.25, 0.3) is 0 Å². The topological polar surface area (TPSA) is 46.3 Å². The lowest BCUT2D eigenvalue weighted by Gasteiger charge is -2.04. The predicted octanol–water partition coefficient (Wildman–Crippen LogP) is 4.06. The maximum atomic E-state index is 13.9. The minimum Gasteiger partial charge on any atom is -0.391 e. The van der Waals surface area contributed by atoms with E-state index in [0.29, 0.717) is 0 Å². The van der Waals surface area contributed by atoms with Crippen LogP contribution in [0.1, 0.15) is 5.56 Å². The quantitative estimate of drug-likeness (QED) is 0.740. The SMILES string of the molecule is OCc1c(-c2c(F)cccc2F)noc1-c1cccc(F)c1F. The Hall–Kier alpha value is -2.67. The van der Waals surface area contributed by atoms with Gasteiger partial charge in [0.15, 0.2) is 17.4 Å².